The van der Waals surface area contributed by atoms with Gasteiger partial charge in [-0.3, -0.25) is 0 Å². The standard InChI is InChI=1S/C14H22ClNO3.ClH/c1-14(2,3)13(17)11(16)8-6-7-9(18-4)12(19-5)10(8)15;/h6-7,11,13,17H,16H2,1-5H3;1H/t11-,13-;/m0./s1. The first-order valence-electron chi connectivity index (χ1n) is 6.08. The van der Waals surface area contributed by atoms with Crippen molar-refractivity contribution in [2.24, 2.45) is 11.1 Å². The van der Waals surface area contributed by atoms with Crippen molar-refractivity contribution in [1.29, 1.82) is 0 Å². The van der Waals surface area contributed by atoms with Gasteiger partial charge in [-0.05, 0) is 17.0 Å². The second-order valence-electron chi connectivity index (χ2n) is 5.54. The SMILES string of the molecule is COc1ccc([C@H](N)[C@H](O)C(C)(C)C)c(Cl)c1OC.Cl. The molecule has 0 spiro atoms. The highest BCUT2D eigenvalue weighted by molar-refractivity contribution is 6.33. The molecule has 0 aliphatic rings. The Hall–Kier alpha value is -0.680. The molecule has 0 aliphatic carbocycles. The molecule has 1 aromatic rings. The fraction of sp³-hybridized carbons (Fsp3) is 0.571. The van der Waals surface area contributed by atoms with E-state index in [4.69, 9.17) is 26.8 Å². The second kappa shape index (κ2) is 7.36. The summed E-state index contributed by atoms with van der Waals surface area (Å²) in [6.07, 6.45) is -0.719. The summed E-state index contributed by atoms with van der Waals surface area (Å²) in [6.45, 7) is 5.77. The van der Waals surface area contributed by atoms with Crippen LogP contribution in [0.4, 0.5) is 0 Å². The normalized spacial score (nSPS) is 14.2. The highest BCUT2D eigenvalue weighted by atomic mass is 35.5. The van der Waals surface area contributed by atoms with Gasteiger partial charge in [-0.2, -0.15) is 0 Å². The van der Waals surface area contributed by atoms with E-state index in [1.807, 2.05) is 20.8 Å². The largest absolute Gasteiger partial charge is 0.493 e. The maximum atomic E-state index is 10.3. The maximum absolute atomic E-state index is 10.3. The number of methoxy groups -OCH3 is 2. The number of rotatable bonds is 4. The third-order valence-corrected chi connectivity index (χ3v) is 3.49. The van der Waals surface area contributed by atoms with Gasteiger partial charge in [0.15, 0.2) is 11.5 Å². The van der Waals surface area contributed by atoms with Crippen LogP contribution < -0.4 is 15.2 Å². The van der Waals surface area contributed by atoms with Crippen LogP contribution in [0, 0.1) is 5.41 Å². The van der Waals surface area contributed by atoms with Crippen molar-refractivity contribution in [3.8, 4) is 11.5 Å². The van der Waals surface area contributed by atoms with Crippen molar-refractivity contribution in [2.75, 3.05) is 14.2 Å². The summed E-state index contributed by atoms with van der Waals surface area (Å²) in [5.74, 6) is 0.965. The van der Waals surface area contributed by atoms with Crippen LogP contribution >= 0.6 is 24.0 Å². The smallest absolute Gasteiger partial charge is 0.179 e. The molecule has 6 heteroatoms. The zero-order valence-electron chi connectivity index (χ0n) is 12.4. The third kappa shape index (κ3) is 3.92. The molecule has 1 aromatic carbocycles. The highest BCUT2D eigenvalue weighted by Crippen LogP contribution is 2.41. The zero-order valence-corrected chi connectivity index (χ0v) is 14.0. The summed E-state index contributed by atoms with van der Waals surface area (Å²) < 4.78 is 10.4. The topological polar surface area (TPSA) is 64.7 Å². The molecule has 0 aliphatic heterocycles. The van der Waals surface area contributed by atoms with Crippen molar-refractivity contribution < 1.29 is 14.6 Å². The molecule has 1 rings (SSSR count). The fourth-order valence-corrected chi connectivity index (χ4v) is 2.23. The Labute approximate surface area is 131 Å². The van der Waals surface area contributed by atoms with Crippen molar-refractivity contribution in [1.82, 2.24) is 0 Å². The number of hydrogen-bond acceptors (Lipinski definition) is 4. The average molecular weight is 324 g/mol. The van der Waals surface area contributed by atoms with E-state index in [-0.39, 0.29) is 17.8 Å². The Bertz CT molecular complexity index is 447. The second-order valence-corrected chi connectivity index (χ2v) is 5.92. The minimum atomic E-state index is -0.719. The van der Waals surface area contributed by atoms with Gasteiger partial charge in [0, 0.05) is 0 Å². The van der Waals surface area contributed by atoms with Crippen molar-refractivity contribution >= 4 is 24.0 Å². The van der Waals surface area contributed by atoms with E-state index in [2.05, 4.69) is 0 Å². The Morgan fingerprint density at radius 1 is 1.20 bits per heavy atom. The lowest BCUT2D eigenvalue weighted by atomic mass is 9.82. The molecule has 0 saturated heterocycles. The number of ether oxygens (including phenoxy) is 2. The van der Waals surface area contributed by atoms with Gasteiger partial charge in [0.2, 0.25) is 0 Å². The van der Waals surface area contributed by atoms with Crippen LogP contribution in [0.15, 0.2) is 12.1 Å². The fourth-order valence-electron chi connectivity index (χ4n) is 1.87. The van der Waals surface area contributed by atoms with Crippen molar-refractivity contribution in [3.63, 3.8) is 0 Å². The van der Waals surface area contributed by atoms with Gasteiger partial charge in [0.25, 0.3) is 0 Å². The van der Waals surface area contributed by atoms with E-state index in [0.717, 1.165) is 0 Å². The third-order valence-electron chi connectivity index (χ3n) is 3.10. The lowest BCUT2D eigenvalue weighted by Gasteiger charge is -2.31. The van der Waals surface area contributed by atoms with E-state index in [9.17, 15) is 5.11 Å². The molecule has 20 heavy (non-hydrogen) atoms. The molecule has 0 bridgehead atoms. The number of benzene rings is 1. The first-order chi connectivity index (χ1) is 8.73. The number of halogens is 2. The van der Waals surface area contributed by atoms with Crippen LogP contribution in [0.25, 0.3) is 0 Å². The van der Waals surface area contributed by atoms with E-state index < -0.39 is 12.1 Å². The molecule has 116 valence electrons. The number of aliphatic hydroxyl groups excluding tert-OH is 1. The Morgan fingerprint density at radius 3 is 2.15 bits per heavy atom. The summed E-state index contributed by atoms with van der Waals surface area (Å²) in [5.41, 5.74) is 6.41. The summed E-state index contributed by atoms with van der Waals surface area (Å²) in [5, 5.41) is 10.6. The van der Waals surface area contributed by atoms with Crippen LogP contribution in [-0.4, -0.2) is 25.4 Å². The number of hydrogen-bond donors (Lipinski definition) is 2. The number of aliphatic hydroxyl groups is 1. The lowest BCUT2D eigenvalue weighted by molar-refractivity contribution is 0.0400. The molecule has 3 N–H and O–H groups in total. The summed E-state index contributed by atoms with van der Waals surface area (Å²) in [7, 11) is 3.05. The predicted molar refractivity (Wildman–Crippen MR) is 84.2 cm³/mol. The first kappa shape index (κ1) is 19.3. The van der Waals surface area contributed by atoms with Gasteiger partial charge in [0.1, 0.15) is 0 Å². The molecule has 4 nitrogen and oxygen atoms in total. The molecule has 0 saturated carbocycles. The van der Waals surface area contributed by atoms with Crippen LogP contribution in [0.2, 0.25) is 5.02 Å². The molecule has 0 unspecified atom stereocenters. The first-order valence-corrected chi connectivity index (χ1v) is 6.45. The van der Waals surface area contributed by atoms with Gasteiger partial charge < -0.3 is 20.3 Å². The molecular weight excluding hydrogens is 301 g/mol. The van der Waals surface area contributed by atoms with Gasteiger partial charge in [-0.25, -0.2) is 0 Å². The van der Waals surface area contributed by atoms with Crippen LogP contribution in [-0.2, 0) is 0 Å². The van der Waals surface area contributed by atoms with Gasteiger partial charge in [-0.1, -0.05) is 38.4 Å². The minimum Gasteiger partial charge on any atom is -0.493 e. The maximum Gasteiger partial charge on any atom is 0.179 e. The van der Waals surface area contributed by atoms with Gasteiger partial charge >= 0.3 is 0 Å². The van der Waals surface area contributed by atoms with E-state index in [1.54, 1.807) is 12.1 Å². The van der Waals surface area contributed by atoms with Crippen LogP contribution in [0.5, 0.6) is 11.5 Å². The number of nitrogens with two attached hydrogens (primary N) is 1. The van der Waals surface area contributed by atoms with Crippen molar-refractivity contribution in [2.45, 2.75) is 32.9 Å². The zero-order chi connectivity index (χ0) is 14.8. The summed E-state index contributed by atoms with van der Waals surface area (Å²) >= 11 is 6.29. The summed E-state index contributed by atoms with van der Waals surface area (Å²) in [6, 6.07) is 2.89. The molecule has 2 atom stereocenters. The minimum absolute atomic E-state index is 0. The van der Waals surface area contributed by atoms with E-state index in [1.165, 1.54) is 14.2 Å². The highest BCUT2D eigenvalue weighted by Gasteiger charge is 2.31. The average Bonchev–Trinajstić information content (AvgIpc) is 2.35. The Kier molecular flexibility index (Phi) is 7.11. The van der Waals surface area contributed by atoms with E-state index >= 15 is 0 Å². The monoisotopic (exact) mass is 323 g/mol. The van der Waals surface area contributed by atoms with E-state index in [0.29, 0.717) is 22.1 Å². The molecule has 0 aromatic heterocycles. The Morgan fingerprint density at radius 2 is 1.75 bits per heavy atom. The van der Waals surface area contributed by atoms with Gasteiger partial charge in [-0.15, -0.1) is 12.4 Å². The van der Waals surface area contributed by atoms with Crippen LogP contribution in [0.3, 0.4) is 0 Å². The van der Waals surface area contributed by atoms with Crippen LogP contribution in [0.1, 0.15) is 32.4 Å². The van der Waals surface area contributed by atoms with Gasteiger partial charge in [0.05, 0.1) is 31.4 Å². The molecular formula is C14H23Cl2NO3. The summed E-state index contributed by atoms with van der Waals surface area (Å²) in [4.78, 5) is 0. The quantitative estimate of drug-likeness (QED) is 0.893. The molecule has 0 fully saturated rings. The molecule has 0 amide bonds. The predicted octanol–water partition coefficient (Wildman–Crippen LogP) is 3.19. The lowest BCUT2D eigenvalue weighted by Crippen LogP contribution is -2.37. The van der Waals surface area contributed by atoms with Crippen molar-refractivity contribution in [3.05, 3.63) is 22.7 Å². The Balaban J connectivity index is 0.00000361. The molecule has 0 radical (unpaired) electrons. The molecule has 0 heterocycles.